The zero-order valence-electron chi connectivity index (χ0n) is 9.23. The zero-order valence-corrected chi connectivity index (χ0v) is 9.23. The molecule has 0 aromatic rings. The Morgan fingerprint density at radius 3 is 2.80 bits per heavy atom. The highest BCUT2D eigenvalue weighted by Crippen LogP contribution is 2.10. The fourth-order valence-electron chi connectivity index (χ4n) is 1.26. The Labute approximate surface area is 90.4 Å². The molecule has 4 nitrogen and oxygen atoms in total. The lowest BCUT2D eigenvalue weighted by atomic mass is 10.3. The molecule has 1 heterocycles. The number of guanidine groups is 1. The second-order valence-corrected chi connectivity index (χ2v) is 3.17. The van der Waals surface area contributed by atoms with Crippen LogP contribution in [0.15, 0.2) is 41.3 Å². The molecule has 0 spiro atoms. The van der Waals surface area contributed by atoms with Gasteiger partial charge in [-0.15, -0.1) is 0 Å². The summed E-state index contributed by atoms with van der Waals surface area (Å²) in [5, 5.41) is 0. The van der Waals surface area contributed by atoms with Gasteiger partial charge in [-0.1, -0.05) is 6.58 Å². The Balaban J connectivity index is 2.80. The van der Waals surface area contributed by atoms with E-state index in [9.17, 15) is 0 Å². The standard InChI is InChI=1S/C11H17N3O/c1-4-10(6-5-9(2)15-3)14-8-7-13-11(14)12/h4-6H,1,7-8H2,2-3H3,(H2,12,13)/b9-5+,10-6+. The van der Waals surface area contributed by atoms with Crippen LogP contribution in [0.5, 0.6) is 0 Å². The summed E-state index contributed by atoms with van der Waals surface area (Å²) in [6.45, 7) is 7.19. The van der Waals surface area contributed by atoms with Gasteiger partial charge < -0.3 is 15.4 Å². The Hall–Kier alpha value is -1.71. The molecule has 0 bridgehead atoms. The van der Waals surface area contributed by atoms with Crippen LogP contribution >= 0.6 is 0 Å². The van der Waals surface area contributed by atoms with E-state index in [0.29, 0.717) is 5.96 Å². The van der Waals surface area contributed by atoms with Gasteiger partial charge >= 0.3 is 0 Å². The normalized spacial score (nSPS) is 17.7. The highest BCUT2D eigenvalue weighted by Gasteiger charge is 2.15. The van der Waals surface area contributed by atoms with E-state index in [1.165, 1.54) is 0 Å². The smallest absolute Gasteiger partial charge is 0.195 e. The first-order chi connectivity index (χ1) is 7.19. The molecule has 0 radical (unpaired) electrons. The van der Waals surface area contributed by atoms with Gasteiger partial charge in [0, 0.05) is 12.2 Å². The topological polar surface area (TPSA) is 50.8 Å². The van der Waals surface area contributed by atoms with Crippen molar-refractivity contribution < 1.29 is 4.74 Å². The SMILES string of the molecule is C=C/C(=C\C=C(/C)OC)N1CCN=C1N. The van der Waals surface area contributed by atoms with Crippen molar-refractivity contribution in [3.8, 4) is 0 Å². The van der Waals surface area contributed by atoms with Gasteiger partial charge in [-0.2, -0.15) is 0 Å². The van der Waals surface area contributed by atoms with Gasteiger partial charge in [0.1, 0.15) is 0 Å². The van der Waals surface area contributed by atoms with Gasteiger partial charge in [0.2, 0.25) is 0 Å². The molecule has 2 N–H and O–H groups in total. The van der Waals surface area contributed by atoms with Gasteiger partial charge in [-0.05, 0) is 25.2 Å². The van der Waals surface area contributed by atoms with Gasteiger partial charge in [0.05, 0.1) is 19.4 Å². The maximum Gasteiger partial charge on any atom is 0.195 e. The molecule has 1 rings (SSSR count). The van der Waals surface area contributed by atoms with Crippen LogP contribution in [0.4, 0.5) is 0 Å². The van der Waals surface area contributed by atoms with E-state index in [4.69, 9.17) is 10.5 Å². The quantitative estimate of drug-likeness (QED) is 0.557. The van der Waals surface area contributed by atoms with Crippen LogP contribution in [-0.2, 0) is 4.74 Å². The van der Waals surface area contributed by atoms with Crippen molar-refractivity contribution in [1.29, 1.82) is 0 Å². The molecule has 0 saturated carbocycles. The van der Waals surface area contributed by atoms with Crippen LogP contribution < -0.4 is 5.73 Å². The molecule has 0 unspecified atom stereocenters. The highest BCUT2D eigenvalue weighted by molar-refractivity contribution is 5.81. The number of aliphatic imine (C=N–C) groups is 1. The number of rotatable bonds is 4. The predicted octanol–water partition coefficient (Wildman–Crippen LogP) is 1.24. The van der Waals surface area contributed by atoms with Crippen LogP contribution in [0.1, 0.15) is 6.92 Å². The first-order valence-electron chi connectivity index (χ1n) is 4.81. The predicted molar refractivity (Wildman–Crippen MR) is 62.2 cm³/mol. The van der Waals surface area contributed by atoms with E-state index in [0.717, 1.165) is 24.5 Å². The van der Waals surface area contributed by atoms with E-state index in [1.54, 1.807) is 13.2 Å². The lowest BCUT2D eigenvalue weighted by Gasteiger charge is -2.17. The van der Waals surface area contributed by atoms with Crippen molar-refractivity contribution >= 4 is 5.96 Å². The van der Waals surface area contributed by atoms with Crippen LogP contribution in [0.2, 0.25) is 0 Å². The molecular weight excluding hydrogens is 190 g/mol. The average molecular weight is 207 g/mol. The van der Waals surface area contributed by atoms with Crippen molar-refractivity contribution in [2.75, 3.05) is 20.2 Å². The average Bonchev–Trinajstić information content (AvgIpc) is 2.65. The number of ether oxygens (including phenoxy) is 1. The molecule has 0 aliphatic carbocycles. The molecule has 4 heteroatoms. The lowest BCUT2D eigenvalue weighted by molar-refractivity contribution is 0.293. The monoisotopic (exact) mass is 207 g/mol. The lowest BCUT2D eigenvalue weighted by Crippen LogP contribution is -2.32. The largest absolute Gasteiger partial charge is 0.501 e. The van der Waals surface area contributed by atoms with Crippen molar-refractivity contribution in [3.63, 3.8) is 0 Å². The second-order valence-electron chi connectivity index (χ2n) is 3.17. The number of hydrogen-bond donors (Lipinski definition) is 1. The fourth-order valence-corrected chi connectivity index (χ4v) is 1.26. The maximum atomic E-state index is 5.73. The fraction of sp³-hybridized carbons (Fsp3) is 0.364. The number of allylic oxidation sites excluding steroid dienone is 4. The Kier molecular flexibility index (Phi) is 3.97. The first-order valence-corrected chi connectivity index (χ1v) is 4.81. The summed E-state index contributed by atoms with van der Waals surface area (Å²) in [5.41, 5.74) is 6.67. The molecule has 1 aliphatic rings. The molecule has 0 fully saturated rings. The molecule has 1 aliphatic heterocycles. The summed E-state index contributed by atoms with van der Waals surface area (Å²) in [6.07, 6.45) is 5.55. The van der Waals surface area contributed by atoms with Crippen LogP contribution in [-0.4, -0.2) is 31.1 Å². The first kappa shape index (κ1) is 11.4. The zero-order chi connectivity index (χ0) is 11.3. The number of nitrogens with two attached hydrogens (primary N) is 1. The molecule has 0 amide bonds. The van der Waals surface area contributed by atoms with Crippen LogP contribution in [0, 0.1) is 0 Å². The third-order valence-electron chi connectivity index (χ3n) is 2.21. The minimum Gasteiger partial charge on any atom is -0.501 e. The Bertz CT molecular complexity index is 329. The van der Waals surface area contributed by atoms with E-state index >= 15 is 0 Å². The second kappa shape index (κ2) is 5.24. The summed E-state index contributed by atoms with van der Waals surface area (Å²) in [5.74, 6) is 1.38. The summed E-state index contributed by atoms with van der Waals surface area (Å²) < 4.78 is 5.04. The van der Waals surface area contributed by atoms with Gasteiger partial charge in [-0.3, -0.25) is 4.99 Å². The summed E-state index contributed by atoms with van der Waals surface area (Å²) in [4.78, 5) is 6.04. The highest BCUT2D eigenvalue weighted by atomic mass is 16.5. The summed E-state index contributed by atoms with van der Waals surface area (Å²) in [6, 6.07) is 0. The maximum absolute atomic E-state index is 5.73. The molecular formula is C11H17N3O. The summed E-state index contributed by atoms with van der Waals surface area (Å²) in [7, 11) is 1.64. The number of nitrogens with zero attached hydrogens (tertiary/aromatic N) is 2. The minimum absolute atomic E-state index is 0.546. The molecule has 0 aromatic heterocycles. The van der Waals surface area contributed by atoms with E-state index in [-0.39, 0.29) is 0 Å². The molecule has 0 saturated heterocycles. The van der Waals surface area contributed by atoms with Gasteiger partial charge in [0.15, 0.2) is 5.96 Å². The molecule has 0 aromatic carbocycles. The molecule has 15 heavy (non-hydrogen) atoms. The van der Waals surface area contributed by atoms with Crippen molar-refractivity contribution in [3.05, 3.63) is 36.3 Å². The van der Waals surface area contributed by atoms with E-state index in [2.05, 4.69) is 11.6 Å². The Morgan fingerprint density at radius 2 is 2.33 bits per heavy atom. The van der Waals surface area contributed by atoms with Crippen molar-refractivity contribution in [1.82, 2.24) is 4.90 Å². The number of methoxy groups -OCH3 is 1. The summed E-state index contributed by atoms with van der Waals surface area (Å²) >= 11 is 0. The van der Waals surface area contributed by atoms with Gasteiger partial charge in [-0.25, -0.2) is 0 Å². The van der Waals surface area contributed by atoms with Crippen molar-refractivity contribution in [2.24, 2.45) is 10.7 Å². The van der Waals surface area contributed by atoms with Gasteiger partial charge in [0.25, 0.3) is 0 Å². The Morgan fingerprint density at radius 1 is 1.60 bits per heavy atom. The molecule has 82 valence electrons. The number of hydrogen-bond acceptors (Lipinski definition) is 4. The van der Waals surface area contributed by atoms with Crippen molar-refractivity contribution in [2.45, 2.75) is 6.92 Å². The van der Waals surface area contributed by atoms with E-state index < -0.39 is 0 Å². The third kappa shape index (κ3) is 2.87. The third-order valence-corrected chi connectivity index (χ3v) is 2.21. The van der Waals surface area contributed by atoms with Crippen LogP contribution in [0.25, 0.3) is 0 Å². The minimum atomic E-state index is 0.546. The van der Waals surface area contributed by atoms with E-state index in [1.807, 2.05) is 24.0 Å². The van der Waals surface area contributed by atoms with Crippen LogP contribution in [0.3, 0.4) is 0 Å². The molecule has 0 atom stereocenters.